The summed E-state index contributed by atoms with van der Waals surface area (Å²) >= 11 is 3.01. The Kier molecular flexibility index (Phi) is 5.88. The lowest BCUT2D eigenvalue weighted by Crippen LogP contribution is -2.17. The van der Waals surface area contributed by atoms with Crippen molar-refractivity contribution in [2.24, 2.45) is 4.99 Å². The molecule has 0 atom stereocenters. The van der Waals surface area contributed by atoms with Gasteiger partial charge in [0.1, 0.15) is 5.76 Å². The molecule has 0 spiro atoms. The minimum absolute atomic E-state index is 0.124. The number of carbonyl (C=O) groups excluding carboxylic acids is 1. The van der Waals surface area contributed by atoms with Crippen molar-refractivity contribution in [1.29, 1.82) is 0 Å². The standard InChI is InChI=1S/C18H19N3O2S2/c1-13-16(14(2)23-20-13)11-24-12-17(22)19-18-21(8-9-25-18)10-15-6-4-3-5-7-15/h3-9H,10-12H2,1-2H3. The number of carbonyl (C=O) groups is 1. The molecule has 130 valence electrons. The van der Waals surface area contributed by atoms with Crippen LogP contribution in [0.1, 0.15) is 22.6 Å². The zero-order valence-electron chi connectivity index (χ0n) is 14.1. The first-order valence-electron chi connectivity index (χ1n) is 7.88. The summed E-state index contributed by atoms with van der Waals surface area (Å²) in [5.74, 6) is 1.74. The van der Waals surface area contributed by atoms with Crippen LogP contribution in [0, 0.1) is 13.8 Å². The SMILES string of the molecule is Cc1noc(C)c1CSCC(=O)N=c1sccn1Cc1ccccc1. The molecule has 0 radical (unpaired) electrons. The monoisotopic (exact) mass is 373 g/mol. The van der Waals surface area contributed by atoms with E-state index in [2.05, 4.69) is 22.3 Å². The van der Waals surface area contributed by atoms with Gasteiger partial charge in [0.25, 0.3) is 5.91 Å². The third-order valence-electron chi connectivity index (χ3n) is 3.73. The number of rotatable bonds is 6. The number of aryl methyl sites for hydroxylation is 2. The Morgan fingerprint density at radius 2 is 2.12 bits per heavy atom. The Labute approximate surface area is 154 Å². The van der Waals surface area contributed by atoms with Crippen molar-refractivity contribution in [3.8, 4) is 0 Å². The summed E-state index contributed by atoms with van der Waals surface area (Å²) in [6.45, 7) is 4.51. The molecular formula is C18H19N3O2S2. The summed E-state index contributed by atoms with van der Waals surface area (Å²) in [6, 6.07) is 10.1. The van der Waals surface area contributed by atoms with Crippen LogP contribution in [0.4, 0.5) is 0 Å². The number of benzene rings is 1. The molecule has 0 bridgehead atoms. The highest BCUT2D eigenvalue weighted by Crippen LogP contribution is 2.19. The van der Waals surface area contributed by atoms with Crippen molar-refractivity contribution in [2.45, 2.75) is 26.1 Å². The molecular weight excluding hydrogens is 354 g/mol. The normalized spacial score (nSPS) is 11.8. The van der Waals surface area contributed by atoms with Gasteiger partial charge in [-0.2, -0.15) is 4.99 Å². The second-order valence-electron chi connectivity index (χ2n) is 5.60. The molecule has 7 heteroatoms. The van der Waals surface area contributed by atoms with Crippen LogP contribution in [-0.2, 0) is 17.1 Å². The Hall–Kier alpha value is -2.12. The van der Waals surface area contributed by atoms with E-state index in [1.807, 2.05) is 48.2 Å². The molecule has 0 N–H and O–H groups in total. The molecule has 25 heavy (non-hydrogen) atoms. The Morgan fingerprint density at radius 3 is 2.84 bits per heavy atom. The lowest BCUT2D eigenvalue weighted by molar-refractivity contribution is -0.115. The van der Waals surface area contributed by atoms with Crippen molar-refractivity contribution in [1.82, 2.24) is 9.72 Å². The molecule has 2 aromatic heterocycles. The highest BCUT2D eigenvalue weighted by Gasteiger charge is 2.10. The smallest absolute Gasteiger partial charge is 0.258 e. The van der Waals surface area contributed by atoms with E-state index >= 15 is 0 Å². The number of aromatic nitrogens is 2. The van der Waals surface area contributed by atoms with Crippen LogP contribution in [0.2, 0.25) is 0 Å². The van der Waals surface area contributed by atoms with Gasteiger partial charge in [0.05, 0.1) is 11.4 Å². The number of amides is 1. The molecule has 3 rings (SSSR count). The maximum atomic E-state index is 12.2. The molecule has 1 aromatic carbocycles. The predicted octanol–water partition coefficient (Wildman–Crippen LogP) is 3.56. The minimum atomic E-state index is -0.124. The molecule has 3 aromatic rings. The van der Waals surface area contributed by atoms with Gasteiger partial charge in [0.15, 0.2) is 4.80 Å². The quantitative estimate of drug-likeness (QED) is 0.663. The number of hydrogen-bond donors (Lipinski definition) is 0. The topological polar surface area (TPSA) is 60.4 Å². The molecule has 0 fully saturated rings. The van der Waals surface area contributed by atoms with Crippen LogP contribution >= 0.6 is 23.1 Å². The lowest BCUT2D eigenvalue weighted by Gasteiger charge is -2.03. The van der Waals surface area contributed by atoms with Crippen molar-refractivity contribution in [3.05, 3.63) is 69.3 Å². The molecule has 0 aliphatic rings. The fraction of sp³-hybridized carbons (Fsp3) is 0.278. The molecule has 2 heterocycles. The molecule has 1 amide bonds. The van der Waals surface area contributed by atoms with Gasteiger partial charge >= 0.3 is 0 Å². The molecule has 5 nitrogen and oxygen atoms in total. The lowest BCUT2D eigenvalue weighted by atomic mass is 10.2. The van der Waals surface area contributed by atoms with Gasteiger partial charge in [-0.1, -0.05) is 35.5 Å². The zero-order chi connectivity index (χ0) is 17.6. The number of nitrogens with zero attached hydrogens (tertiary/aromatic N) is 3. The van der Waals surface area contributed by atoms with Gasteiger partial charge in [-0.15, -0.1) is 23.1 Å². The number of thiazole rings is 1. The maximum Gasteiger partial charge on any atom is 0.258 e. The van der Waals surface area contributed by atoms with E-state index in [0.29, 0.717) is 18.1 Å². The first-order chi connectivity index (χ1) is 12.1. The van der Waals surface area contributed by atoms with Crippen LogP contribution in [0.3, 0.4) is 0 Å². The fourth-order valence-electron chi connectivity index (χ4n) is 2.37. The molecule has 0 saturated carbocycles. The fourth-order valence-corrected chi connectivity index (χ4v) is 4.08. The first-order valence-corrected chi connectivity index (χ1v) is 9.92. The van der Waals surface area contributed by atoms with E-state index in [1.54, 1.807) is 0 Å². The second-order valence-corrected chi connectivity index (χ2v) is 7.46. The summed E-state index contributed by atoms with van der Waals surface area (Å²) in [5.41, 5.74) is 3.13. The third-order valence-corrected chi connectivity index (χ3v) is 5.47. The van der Waals surface area contributed by atoms with Crippen molar-refractivity contribution >= 4 is 29.0 Å². The average molecular weight is 374 g/mol. The van der Waals surface area contributed by atoms with Crippen molar-refractivity contribution in [3.63, 3.8) is 0 Å². The minimum Gasteiger partial charge on any atom is -0.361 e. The predicted molar refractivity (Wildman–Crippen MR) is 101 cm³/mol. The van der Waals surface area contributed by atoms with Gasteiger partial charge in [0.2, 0.25) is 0 Å². The number of thioether (sulfide) groups is 1. The highest BCUT2D eigenvalue weighted by atomic mass is 32.2. The molecule has 0 unspecified atom stereocenters. The van der Waals surface area contributed by atoms with Gasteiger partial charge in [-0.05, 0) is 19.4 Å². The molecule has 0 saturated heterocycles. The summed E-state index contributed by atoms with van der Waals surface area (Å²) < 4.78 is 7.13. The summed E-state index contributed by atoms with van der Waals surface area (Å²) in [7, 11) is 0. The first kappa shape index (κ1) is 17.7. The second kappa shape index (κ2) is 8.31. The van der Waals surface area contributed by atoms with Crippen LogP contribution in [-0.4, -0.2) is 21.4 Å². The van der Waals surface area contributed by atoms with E-state index in [0.717, 1.165) is 21.8 Å². The summed E-state index contributed by atoms with van der Waals surface area (Å²) in [4.78, 5) is 17.2. The number of hydrogen-bond acceptors (Lipinski definition) is 5. The van der Waals surface area contributed by atoms with Crippen molar-refractivity contribution in [2.75, 3.05) is 5.75 Å². The van der Waals surface area contributed by atoms with E-state index in [9.17, 15) is 4.79 Å². The van der Waals surface area contributed by atoms with Crippen LogP contribution < -0.4 is 4.80 Å². The summed E-state index contributed by atoms with van der Waals surface area (Å²) in [5, 5.41) is 5.88. The van der Waals surface area contributed by atoms with Crippen LogP contribution in [0.5, 0.6) is 0 Å². The Morgan fingerprint density at radius 1 is 1.32 bits per heavy atom. The maximum absolute atomic E-state index is 12.2. The van der Waals surface area contributed by atoms with E-state index in [1.165, 1.54) is 28.7 Å². The van der Waals surface area contributed by atoms with Gasteiger partial charge < -0.3 is 9.09 Å². The average Bonchev–Trinajstić information content (AvgIpc) is 3.16. The Bertz CT molecular complexity index is 890. The van der Waals surface area contributed by atoms with Crippen molar-refractivity contribution < 1.29 is 9.32 Å². The van der Waals surface area contributed by atoms with E-state index in [-0.39, 0.29) is 5.91 Å². The van der Waals surface area contributed by atoms with Crippen LogP contribution in [0.25, 0.3) is 0 Å². The zero-order valence-corrected chi connectivity index (χ0v) is 15.8. The highest BCUT2D eigenvalue weighted by molar-refractivity contribution is 7.99. The van der Waals surface area contributed by atoms with E-state index in [4.69, 9.17) is 4.52 Å². The Balaban J connectivity index is 1.61. The van der Waals surface area contributed by atoms with E-state index < -0.39 is 0 Å². The molecule has 0 aliphatic heterocycles. The van der Waals surface area contributed by atoms with Crippen LogP contribution in [0.15, 0.2) is 51.4 Å². The third kappa shape index (κ3) is 4.70. The van der Waals surface area contributed by atoms with Gasteiger partial charge in [-0.3, -0.25) is 4.79 Å². The molecule has 0 aliphatic carbocycles. The van der Waals surface area contributed by atoms with Gasteiger partial charge in [0, 0.05) is 29.4 Å². The van der Waals surface area contributed by atoms with Gasteiger partial charge in [-0.25, -0.2) is 0 Å². The summed E-state index contributed by atoms with van der Waals surface area (Å²) in [6.07, 6.45) is 1.96. The largest absolute Gasteiger partial charge is 0.361 e.